The van der Waals surface area contributed by atoms with E-state index in [4.69, 9.17) is 9.47 Å². The summed E-state index contributed by atoms with van der Waals surface area (Å²) in [6.45, 7) is 3.67. The van der Waals surface area contributed by atoms with Gasteiger partial charge in [-0.15, -0.1) is 0 Å². The molecule has 0 atom stereocenters. The Morgan fingerprint density at radius 1 is 1.13 bits per heavy atom. The minimum atomic E-state index is -0.449. The maximum atomic E-state index is 12.5. The van der Waals surface area contributed by atoms with Gasteiger partial charge in [-0.3, -0.25) is 14.4 Å². The second kappa shape index (κ2) is 9.88. The number of anilines is 2. The molecule has 162 valence electrons. The molecule has 1 N–H and O–H groups in total. The minimum Gasteiger partial charge on any atom is -0.482 e. The third-order valence-electron chi connectivity index (χ3n) is 4.69. The van der Waals surface area contributed by atoms with Crippen LogP contribution in [-0.4, -0.2) is 43.3 Å². The Kier molecular flexibility index (Phi) is 7.02. The first-order chi connectivity index (χ1) is 14.9. The standard InChI is InChI=1S/C23H24N2O6/c1-3-11-30-23(29)17-5-4-6-18(12-17)24-21(27)9-10-25-19-13-16(15(2)26)7-8-20(19)31-14-22(25)28/h4-8,12-13H,3,9-11,14H2,1-2H3,(H,24,27). The van der Waals surface area contributed by atoms with E-state index in [1.165, 1.54) is 11.8 Å². The van der Waals surface area contributed by atoms with Crippen molar-refractivity contribution in [2.24, 2.45) is 0 Å². The third-order valence-corrected chi connectivity index (χ3v) is 4.69. The van der Waals surface area contributed by atoms with Crippen molar-refractivity contribution < 1.29 is 28.7 Å². The molecule has 1 aliphatic rings. The van der Waals surface area contributed by atoms with Crippen LogP contribution in [-0.2, 0) is 14.3 Å². The van der Waals surface area contributed by atoms with Gasteiger partial charge in [0, 0.05) is 24.2 Å². The lowest BCUT2D eigenvalue weighted by Crippen LogP contribution is -2.40. The number of nitrogens with zero attached hydrogens (tertiary/aromatic N) is 1. The van der Waals surface area contributed by atoms with Crippen molar-refractivity contribution in [1.82, 2.24) is 0 Å². The van der Waals surface area contributed by atoms with Crippen molar-refractivity contribution in [3.05, 3.63) is 53.6 Å². The topological polar surface area (TPSA) is 102 Å². The molecule has 0 aliphatic carbocycles. The van der Waals surface area contributed by atoms with E-state index >= 15 is 0 Å². The fourth-order valence-electron chi connectivity index (χ4n) is 3.11. The summed E-state index contributed by atoms with van der Waals surface area (Å²) >= 11 is 0. The number of benzene rings is 2. The van der Waals surface area contributed by atoms with Crippen molar-refractivity contribution in [1.29, 1.82) is 0 Å². The number of Topliss-reactive ketones (excluding diaryl/α,β-unsaturated/α-hetero) is 1. The van der Waals surface area contributed by atoms with Crippen molar-refractivity contribution in [2.75, 3.05) is 30.0 Å². The third kappa shape index (κ3) is 5.48. The predicted octanol–water partition coefficient (Wildman–Crippen LogP) is 3.21. The zero-order chi connectivity index (χ0) is 22.4. The summed E-state index contributed by atoms with van der Waals surface area (Å²) in [5.41, 5.74) is 1.74. The molecule has 0 bridgehead atoms. The average molecular weight is 424 g/mol. The lowest BCUT2D eigenvalue weighted by atomic mass is 10.1. The van der Waals surface area contributed by atoms with E-state index in [0.717, 1.165) is 6.42 Å². The first-order valence-corrected chi connectivity index (χ1v) is 10.0. The number of nitrogens with one attached hydrogen (secondary N) is 1. The smallest absolute Gasteiger partial charge is 0.338 e. The van der Waals surface area contributed by atoms with Gasteiger partial charge in [0.1, 0.15) is 5.75 Å². The van der Waals surface area contributed by atoms with Gasteiger partial charge in [-0.05, 0) is 49.7 Å². The number of carbonyl (C=O) groups is 4. The van der Waals surface area contributed by atoms with Crippen LogP contribution in [0.15, 0.2) is 42.5 Å². The molecule has 8 nitrogen and oxygen atoms in total. The Balaban J connectivity index is 1.65. The zero-order valence-corrected chi connectivity index (χ0v) is 17.5. The Bertz CT molecular complexity index is 1020. The molecule has 0 fully saturated rings. The quantitative estimate of drug-likeness (QED) is 0.516. The Morgan fingerprint density at radius 3 is 2.68 bits per heavy atom. The number of fused-ring (bicyclic) bond motifs is 1. The van der Waals surface area contributed by atoms with Crippen molar-refractivity contribution in [3.8, 4) is 5.75 Å². The molecule has 1 heterocycles. The van der Waals surface area contributed by atoms with E-state index in [1.54, 1.807) is 42.5 Å². The summed E-state index contributed by atoms with van der Waals surface area (Å²) in [4.78, 5) is 49.9. The number of ketones is 1. The Labute approximate surface area is 180 Å². The van der Waals surface area contributed by atoms with Crippen LogP contribution >= 0.6 is 0 Å². The van der Waals surface area contributed by atoms with E-state index in [2.05, 4.69) is 5.32 Å². The molecular weight excluding hydrogens is 400 g/mol. The molecular formula is C23H24N2O6. The van der Waals surface area contributed by atoms with Crippen molar-refractivity contribution in [3.63, 3.8) is 0 Å². The highest BCUT2D eigenvalue weighted by molar-refractivity contribution is 6.02. The van der Waals surface area contributed by atoms with Gasteiger partial charge in [0.25, 0.3) is 5.91 Å². The van der Waals surface area contributed by atoms with Crippen molar-refractivity contribution >= 4 is 34.9 Å². The van der Waals surface area contributed by atoms with E-state index in [-0.39, 0.29) is 37.2 Å². The monoisotopic (exact) mass is 424 g/mol. The van der Waals surface area contributed by atoms with Crippen LogP contribution < -0.4 is 15.0 Å². The summed E-state index contributed by atoms with van der Waals surface area (Å²) in [5, 5.41) is 2.73. The maximum absolute atomic E-state index is 12.5. The normalized spacial score (nSPS) is 12.6. The van der Waals surface area contributed by atoms with E-state index in [0.29, 0.717) is 34.9 Å². The number of esters is 1. The number of hydrogen-bond acceptors (Lipinski definition) is 6. The molecule has 0 radical (unpaired) electrons. The Morgan fingerprint density at radius 2 is 1.94 bits per heavy atom. The molecule has 0 saturated heterocycles. The van der Waals surface area contributed by atoms with Gasteiger partial charge in [-0.25, -0.2) is 4.79 Å². The van der Waals surface area contributed by atoms with Gasteiger partial charge in [0.05, 0.1) is 17.9 Å². The molecule has 0 aromatic heterocycles. The van der Waals surface area contributed by atoms with Gasteiger partial charge < -0.3 is 19.7 Å². The molecule has 2 aromatic carbocycles. The molecule has 2 amide bonds. The summed E-state index contributed by atoms with van der Waals surface area (Å²) in [6.07, 6.45) is 0.749. The predicted molar refractivity (Wildman–Crippen MR) is 115 cm³/mol. The number of carbonyl (C=O) groups excluding carboxylic acids is 4. The van der Waals surface area contributed by atoms with Crippen LogP contribution in [0.2, 0.25) is 0 Å². The molecule has 2 aromatic rings. The van der Waals surface area contributed by atoms with Gasteiger partial charge in [-0.2, -0.15) is 0 Å². The number of amides is 2. The SMILES string of the molecule is CCCOC(=O)c1cccc(NC(=O)CCN2C(=O)COc3ccc(C(C)=O)cc32)c1. The average Bonchev–Trinajstić information content (AvgIpc) is 2.76. The van der Waals surface area contributed by atoms with Gasteiger partial charge >= 0.3 is 5.97 Å². The van der Waals surface area contributed by atoms with Gasteiger partial charge in [0.2, 0.25) is 5.91 Å². The fourth-order valence-corrected chi connectivity index (χ4v) is 3.11. The lowest BCUT2D eigenvalue weighted by Gasteiger charge is -2.29. The number of rotatable bonds is 8. The van der Waals surface area contributed by atoms with Crippen LogP contribution in [0.3, 0.4) is 0 Å². The van der Waals surface area contributed by atoms with E-state index < -0.39 is 5.97 Å². The van der Waals surface area contributed by atoms with Crippen LogP contribution in [0.1, 0.15) is 47.4 Å². The lowest BCUT2D eigenvalue weighted by molar-refractivity contribution is -0.121. The molecule has 0 spiro atoms. The van der Waals surface area contributed by atoms with Gasteiger partial charge in [0.15, 0.2) is 12.4 Å². The summed E-state index contributed by atoms with van der Waals surface area (Å²) in [7, 11) is 0. The molecule has 0 saturated carbocycles. The Hall–Kier alpha value is -3.68. The molecule has 0 unspecified atom stereocenters. The molecule has 3 rings (SSSR count). The largest absolute Gasteiger partial charge is 0.482 e. The highest BCUT2D eigenvalue weighted by atomic mass is 16.5. The summed E-state index contributed by atoms with van der Waals surface area (Å²) < 4.78 is 10.5. The zero-order valence-electron chi connectivity index (χ0n) is 17.5. The van der Waals surface area contributed by atoms with Crippen molar-refractivity contribution in [2.45, 2.75) is 26.7 Å². The first-order valence-electron chi connectivity index (χ1n) is 10.0. The van der Waals surface area contributed by atoms with Gasteiger partial charge in [-0.1, -0.05) is 13.0 Å². The second-order valence-corrected chi connectivity index (χ2v) is 7.09. The number of hydrogen-bond donors (Lipinski definition) is 1. The second-order valence-electron chi connectivity index (χ2n) is 7.09. The molecule has 31 heavy (non-hydrogen) atoms. The molecule has 8 heteroatoms. The van der Waals surface area contributed by atoms with E-state index in [1.807, 2.05) is 6.92 Å². The number of ether oxygens (including phenoxy) is 2. The summed E-state index contributed by atoms with van der Waals surface area (Å²) in [5.74, 6) is -0.696. The summed E-state index contributed by atoms with van der Waals surface area (Å²) in [6, 6.07) is 11.4. The fraction of sp³-hybridized carbons (Fsp3) is 0.304. The highest BCUT2D eigenvalue weighted by Gasteiger charge is 2.26. The van der Waals surface area contributed by atoms with Crippen LogP contribution in [0, 0.1) is 0 Å². The van der Waals surface area contributed by atoms with E-state index in [9.17, 15) is 19.2 Å². The highest BCUT2D eigenvalue weighted by Crippen LogP contribution is 2.33. The first kappa shape index (κ1) is 22.0. The van der Waals surface area contributed by atoms with Crippen LogP contribution in [0.5, 0.6) is 5.75 Å². The van der Waals surface area contributed by atoms with Crippen LogP contribution in [0.4, 0.5) is 11.4 Å². The van der Waals surface area contributed by atoms with Crippen LogP contribution in [0.25, 0.3) is 0 Å². The maximum Gasteiger partial charge on any atom is 0.338 e. The minimum absolute atomic E-state index is 0.0278. The molecule has 1 aliphatic heterocycles.